The third-order valence-electron chi connectivity index (χ3n) is 6.89. The van der Waals surface area contributed by atoms with E-state index < -0.39 is 9.84 Å². The largest absolute Gasteiger partial charge is 0.493 e. The van der Waals surface area contributed by atoms with E-state index in [1.807, 2.05) is 18.2 Å². The zero-order valence-corrected chi connectivity index (χ0v) is 21.6. The first kappa shape index (κ1) is 26.5. The van der Waals surface area contributed by atoms with Gasteiger partial charge in [0.15, 0.2) is 21.3 Å². The van der Waals surface area contributed by atoms with Gasteiger partial charge in [-0.3, -0.25) is 0 Å². The minimum absolute atomic E-state index is 0.207. The number of rotatable bonds is 13. The highest BCUT2D eigenvalue weighted by Gasteiger charge is 2.29. The molecule has 0 fully saturated rings. The summed E-state index contributed by atoms with van der Waals surface area (Å²) in [5.74, 6) is 2.05. The fraction of sp³-hybridized carbons (Fsp3) is 0.556. The van der Waals surface area contributed by atoms with Crippen LogP contribution in [-0.2, 0) is 22.7 Å². The lowest BCUT2D eigenvalue weighted by Crippen LogP contribution is -2.33. The molecule has 3 N–H and O–H groups in total. The van der Waals surface area contributed by atoms with Gasteiger partial charge in [-0.2, -0.15) is 0 Å². The summed E-state index contributed by atoms with van der Waals surface area (Å²) < 4.78 is 34.2. The van der Waals surface area contributed by atoms with E-state index in [2.05, 4.69) is 11.4 Å². The zero-order valence-electron chi connectivity index (χ0n) is 20.8. The normalized spacial score (nSPS) is 17.9. The maximum atomic E-state index is 11.5. The molecule has 1 aliphatic rings. The lowest BCUT2D eigenvalue weighted by atomic mass is 9.76. The van der Waals surface area contributed by atoms with E-state index in [0.29, 0.717) is 10.8 Å². The van der Waals surface area contributed by atoms with Crippen molar-refractivity contribution in [3.05, 3.63) is 53.1 Å². The van der Waals surface area contributed by atoms with E-state index in [9.17, 15) is 8.42 Å². The summed E-state index contributed by atoms with van der Waals surface area (Å²) in [6, 6.07) is 11.6. The minimum Gasteiger partial charge on any atom is -0.493 e. The molecule has 6 nitrogen and oxygen atoms in total. The van der Waals surface area contributed by atoms with Crippen molar-refractivity contribution in [3.8, 4) is 11.5 Å². The van der Waals surface area contributed by atoms with Crippen LogP contribution in [0.15, 0.2) is 41.3 Å². The van der Waals surface area contributed by atoms with Crippen molar-refractivity contribution in [1.82, 2.24) is 5.32 Å². The number of hydrogen-bond donors (Lipinski definition) is 2. The van der Waals surface area contributed by atoms with Crippen LogP contribution in [0.1, 0.15) is 61.1 Å². The highest BCUT2D eigenvalue weighted by Crippen LogP contribution is 2.43. The van der Waals surface area contributed by atoms with Crippen LogP contribution in [0.25, 0.3) is 0 Å². The Bertz CT molecular complexity index is 1020. The molecule has 0 radical (unpaired) electrons. The predicted molar refractivity (Wildman–Crippen MR) is 138 cm³/mol. The molecule has 34 heavy (non-hydrogen) atoms. The molecule has 0 saturated heterocycles. The van der Waals surface area contributed by atoms with Crippen LogP contribution in [0.5, 0.6) is 11.5 Å². The summed E-state index contributed by atoms with van der Waals surface area (Å²) in [6.07, 6.45) is 9.93. The Kier molecular flexibility index (Phi) is 9.80. The van der Waals surface area contributed by atoms with Crippen LogP contribution in [0, 0.1) is 0 Å². The zero-order chi connectivity index (χ0) is 24.6. The molecule has 7 heteroatoms. The molecule has 2 atom stereocenters. The number of fused-ring (bicyclic) bond motifs is 1. The van der Waals surface area contributed by atoms with Crippen molar-refractivity contribution in [2.75, 3.05) is 33.6 Å². The Hall–Kier alpha value is -2.09. The molecule has 3 rings (SSSR count). The summed E-state index contributed by atoms with van der Waals surface area (Å²) in [6.45, 7) is 1.90. The topological polar surface area (TPSA) is 90.7 Å². The number of unbranched alkanes of at least 4 members (excludes halogenated alkanes) is 3. The first-order valence-corrected chi connectivity index (χ1v) is 14.2. The molecule has 0 spiro atoms. The van der Waals surface area contributed by atoms with E-state index in [4.69, 9.17) is 15.2 Å². The highest BCUT2D eigenvalue weighted by atomic mass is 32.2. The molecule has 188 valence electrons. The molecule has 0 bridgehead atoms. The molecule has 0 aromatic heterocycles. The molecule has 1 aliphatic carbocycles. The number of ether oxygens (including phenoxy) is 2. The van der Waals surface area contributed by atoms with E-state index in [1.165, 1.54) is 36.6 Å². The molecule has 2 unspecified atom stereocenters. The quantitative estimate of drug-likeness (QED) is 0.410. The van der Waals surface area contributed by atoms with Gasteiger partial charge in [-0.1, -0.05) is 37.5 Å². The molecule has 0 amide bonds. The van der Waals surface area contributed by atoms with Gasteiger partial charge in [0.05, 0.1) is 19.1 Å². The standard InChI is InChI=1S/C27H40N2O4S/c1-32-26-16-14-22-23(25(28)15-13-24(22)27(26)33-2)8-6-4-5-7-18-29-19-17-20-9-11-21(12-10-20)34(3,30)31/h9-12,14,16,23,25,29H,4-8,13,15,17-19,28H2,1-3H3. The van der Waals surface area contributed by atoms with Crippen molar-refractivity contribution >= 4 is 9.84 Å². The van der Waals surface area contributed by atoms with Crippen LogP contribution in [0.2, 0.25) is 0 Å². The second-order valence-electron chi connectivity index (χ2n) is 9.30. The van der Waals surface area contributed by atoms with E-state index >= 15 is 0 Å². The number of nitrogens with one attached hydrogen (secondary N) is 1. The number of hydrogen-bond acceptors (Lipinski definition) is 6. The second kappa shape index (κ2) is 12.6. The third kappa shape index (κ3) is 6.96. The Balaban J connectivity index is 1.34. The second-order valence-corrected chi connectivity index (χ2v) is 11.3. The SMILES string of the molecule is COc1ccc2c(c1OC)CCC(N)C2CCCCCCNCCc1ccc(S(C)(=O)=O)cc1. The van der Waals surface area contributed by atoms with Gasteiger partial charge in [-0.05, 0) is 80.4 Å². The number of sulfone groups is 1. The smallest absolute Gasteiger partial charge is 0.175 e. The Morgan fingerprint density at radius 3 is 2.38 bits per heavy atom. The number of benzene rings is 2. The van der Waals surface area contributed by atoms with Gasteiger partial charge in [0.1, 0.15) is 0 Å². The monoisotopic (exact) mass is 488 g/mol. The van der Waals surface area contributed by atoms with E-state index in [1.54, 1.807) is 26.4 Å². The van der Waals surface area contributed by atoms with Gasteiger partial charge < -0.3 is 20.5 Å². The minimum atomic E-state index is -3.12. The van der Waals surface area contributed by atoms with Gasteiger partial charge in [0.2, 0.25) is 0 Å². The Morgan fingerprint density at radius 1 is 0.971 bits per heavy atom. The van der Waals surface area contributed by atoms with Crippen LogP contribution in [0.4, 0.5) is 0 Å². The van der Waals surface area contributed by atoms with Crippen molar-refractivity contribution in [2.24, 2.45) is 5.73 Å². The molecule has 2 aromatic carbocycles. The summed E-state index contributed by atoms with van der Waals surface area (Å²) >= 11 is 0. The molecule has 0 aliphatic heterocycles. The van der Waals surface area contributed by atoms with E-state index in [-0.39, 0.29) is 6.04 Å². The lowest BCUT2D eigenvalue weighted by molar-refractivity contribution is 0.343. The van der Waals surface area contributed by atoms with Crippen LogP contribution in [-0.4, -0.2) is 48.0 Å². The maximum Gasteiger partial charge on any atom is 0.175 e. The summed E-state index contributed by atoms with van der Waals surface area (Å²) in [5, 5.41) is 3.50. The van der Waals surface area contributed by atoms with Crippen molar-refractivity contribution < 1.29 is 17.9 Å². The van der Waals surface area contributed by atoms with Crippen molar-refractivity contribution in [1.29, 1.82) is 0 Å². The highest BCUT2D eigenvalue weighted by molar-refractivity contribution is 7.90. The Labute approximate surface area is 205 Å². The van der Waals surface area contributed by atoms with Crippen LogP contribution < -0.4 is 20.5 Å². The third-order valence-corrected chi connectivity index (χ3v) is 8.02. The van der Waals surface area contributed by atoms with Crippen molar-refractivity contribution in [2.45, 2.75) is 68.2 Å². The van der Waals surface area contributed by atoms with Gasteiger partial charge in [-0.25, -0.2) is 8.42 Å². The maximum absolute atomic E-state index is 11.5. The van der Waals surface area contributed by atoms with Gasteiger partial charge in [0.25, 0.3) is 0 Å². The molecule has 0 saturated carbocycles. The molecular formula is C27H40N2O4S. The molecule has 0 heterocycles. The first-order valence-electron chi connectivity index (χ1n) is 12.3. The average molecular weight is 489 g/mol. The number of nitrogens with two attached hydrogens (primary N) is 1. The van der Waals surface area contributed by atoms with Gasteiger partial charge in [-0.15, -0.1) is 0 Å². The lowest BCUT2D eigenvalue weighted by Gasteiger charge is -2.32. The number of methoxy groups -OCH3 is 2. The molecular weight excluding hydrogens is 448 g/mol. The average Bonchev–Trinajstić information content (AvgIpc) is 2.82. The summed E-state index contributed by atoms with van der Waals surface area (Å²) in [4.78, 5) is 0.376. The van der Waals surface area contributed by atoms with Gasteiger partial charge in [0, 0.05) is 17.9 Å². The fourth-order valence-electron chi connectivity index (χ4n) is 4.95. The fourth-order valence-corrected chi connectivity index (χ4v) is 5.58. The predicted octanol–water partition coefficient (Wildman–Crippen LogP) is 4.25. The van der Waals surface area contributed by atoms with Gasteiger partial charge >= 0.3 is 0 Å². The van der Waals surface area contributed by atoms with E-state index in [0.717, 1.165) is 62.3 Å². The summed E-state index contributed by atoms with van der Waals surface area (Å²) in [7, 11) is 0.272. The van der Waals surface area contributed by atoms with Crippen molar-refractivity contribution in [3.63, 3.8) is 0 Å². The first-order chi connectivity index (χ1) is 16.3. The summed E-state index contributed by atoms with van der Waals surface area (Å²) in [5.41, 5.74) is 10.3. The Morgan fingerprint density at radius 2 is 1.71 bits per heavy atom. The molecule has 2 aromatic rings. The van der Waals surface area contributed by atoms with Crippen LogP contribution in [0.3, 0.4) is 0 Å². The van der Waals surface area contributed by atoms with Crippen LogP contribution >= 0.6 is 0 Å².